The Labute approximate surface area is 120 Å². The Morgan fingerprint density at radius 1 is 1.05 bits per heavy atom. The SMILES string of the molecule is CC(C)C[C@@H](NC(=O)O[C@@H](CCC(=O)O)C(=O)O)C(=O)O. The summed E-state index contributed by atoms with van der Waals surface area (Å²) in [6.07, 6.45) is -3.59. The number of carboxylic acids is 3. The van der Waals surface area contributed by atoms with Gasteiger partial charge in [-0.05, 0) is 12.3 Å². The van der Waals surface area contributed by atoms with Crippen LogP contribution < -0.4 is 5.32 Å². The fourth-order valence-corrected chi connectivity index (χ4v) is 1.49. The lowest BCUT2D eigenvalue weighted by Crippen LogP contribution is -2.44. The van der Waals surface area contributed by atoms with Crippen LogP contribution in [0.15, 0.2) is 0 Å². The molecule has 0 radical (unpaired) electrons. The summed E-state index contributed by atoms with van der Waals surface area (Å²) in [5, 5.41) is 28.3. The zero-order valence-corrected chi connectivity index (χ0v) is 11.7. The first kappa shape index (κ1) is 18.7. The van der Waals surface area contributed by atoms with Crippen LogP contribution in [0.5, 0.6) is 0 Å². The van der Waals surface area contributed by atoms with Crippen LogP contribution in [0.25, 0.3) is 0 Å². The van der Waals surface area contributed by atoms with Crippen LogP contribution in [0, 0.1) is 5.92 Å². The van der Waals surface area contributed by atoms with Crippen molar-refractivity contribution in [1.29, 1.82) is 0 Å². The van der Waals surface area contributed by atoms with Crippen LogP contribution in [-0.2, 0) is 19.1 Å². The number of carbonyl (C=O) groups excluding carboxylic acids is 1. The molecule has 21 heavy (non-hydrogen) atoms. The van der Waals surface area contributed by atoms with E-state index >= 15 is 0 Å². The van der Waals surface area contributed by atoms with E-state index in [4.69, 9.17) is 15.3 Å². The molecular formula is C12H19NO8. The molecule has 1 amide bonds. The third-order valence-corrected chi connectivity index (χ3v) is 2.44. The fraction of sp³-hybridized carbons (Fsp3) is 0.667. The van der Waals surface area contributed by atoms with Crippen LogP contribution >= 0.6 is 0 Å². The van der Waals surface area contributed by atoms with Gasteiger partial charge in [0.25, 0.3) is 0 Å². The highest BCUT2D eigenvalue weighted by atomic mass is 16.6. The number of rotatable bonds is 9. The minimum Gasteiger partial charge on any atom is -0.481 e. The van der Waals surface area contributed by atoms with Gasteiger partial charge in [0.05, 0.1) is 0 Å². The molecule has 2 atom stereocenters. The average molecular weight is 305 g/mol. The Hall–Kier alpha value is -2.32. The second kappa shape index (κ2) is 8.77. The van der Waals surface area contributed by atoms with Crippen molar-refractivity contribution in [3.63, 3.8) is 0 Å². The van der Waals surface area contributed by atoms with Crippen LogP contribution in [0.1, 0.15) is 33.1 Å². The maximum atomic E-state index is 11.5. The van der Waals surface area contributed by atoms with Crippen molar-refractivity contribution in [2.24, 2.45) is 5.92 Å². The van der Waals surface area contributed by atoms with Gasteiger partial charge in [-0.2, -0.15) is 0 Å². The van der Waals surface area contributed by atoms with Crippen LogP contribution in [0.3, 0.4) is 0 Å². The molecule has 4 N–H and O–H groups in total. The second-order valence-electron chi connectivity index (χ2n) is 4.83. The minimum atomic E-state index is -1.64. The number of aliphatic carboxylic acids is 3. The Bertz CT molecular complexity index is 406. The lowest BCUT2D eigenvalue weighted by molar-refractivity contribution is -0.148. The van der Waals surface area contributed by atoms with E-state index in [2.05, 4.69) is 4.74 Å². The van der Waals surface area contributed by atoms with E-state index < -0.39 is 49.0 Å². The fourth-order valence-electron chi connectivity index (χ4n) is 1.49. The summed E-state index contributed by atoms with van der Waals surface area (Å²) >= 11 is 0. The average Bonchev–Trinajstić information content (AvgIpc) is 2.32. The topological polar surface area (TPSA) is 150 Å². The summed E-state index contributed by atoms with van der Waals surface area (Å²) in [6, 6.07) is -1.20. The number of amides is 1. The zero-order chi connectivity index (χ0) is 16.6. The van der Waals surface area contributed by atoms with Crippen molar-refractivity contribution in [1.82, 2.24) is 5.32 Å². The number of carboxylic acid groups (broad SMARTS) is 3. The predicted octanol–water partition coefficient (Wildman–Crippen LogP) is 0.530. The monoisotopic (exact) mass is 305 g/mol. The molecule has 0 aliphatic rings. The number of carbonyl (C=O) groups is 4. The van der Waals surface area contributed by atoms with Gasteiger partial charge in [-0.3, -0.25) is 4.79 Å². The highest BCUT2D eigenvalue weighted by Crippen LogP contribution is 2.07. The molecule has 0 aliphatic carbocycles. The highest BCUT2D eigenvalue weighted by Gasteiger charge is 2.27. The number of hydrogen-bond donors (Lipinski definition) is 4. The van der Waals surface area contributed by atoms with Crippen molar-refractivity contribution in [2.75, 3.05) is 0 Å². The Balaban J connectivity index is 4.56. The molecule has 0 saturated heterocycles. The van der Waals surface area contributed by atoms with E-state index in [9.17, 15) is 19.2 Å². The molecule has 0 aliphatic heterocycles. The second-order valence-corrected chi connectivity index (χ2v) is 4.83. The van der Waals surface area contributed by atoms with E-state index in [0.29, 0.717) is 0 Å². The molecular weight excluding hydrogens is 286 g/mol. The molecule has 0 spiro atoms. The summed E-state index contributed by atoms with van der Waals surface area (Å²) in [5.41, 5.74) is 0. The lowest BCUT2D eigenvalue weighted by atomic mass is 10.0. The van der Waals surface area contributed by atoms with Gasteiger partial charge in [0, 0.05) is 12.8 Å². The molecule has 0 aromatic carbocycles. The van der Waals surface area contributed by atoms with Gasteiger partial charge in [0.15, 0.2) is 0 Å². The molecule has 9 nitrogen and oxygen atoms in total. The Kier molecular flexibility index (Phi) is 7.80. The van der Waals surface area contributed by atoms with Gasteiger partial charge in [-0.25, -0.2) is 14.4 Å². The highest BCUT2D eigenvalue weighted by molar-refractivity contribution is 5.82. The van der Waals surface area contributed by atoms with E-state index in [-0.39, 0.29) is 12.3 Å². The largest absolute Gasteiger partial charge is 0.481 e. The molecule has 0 saturated carbocycles. The van der Waals surface area contributed by atoms with E-state index in [0.717, 1.165) is 0 Å². The van der Waals surface area contributed by atoms with Gasteiger partial charge < -0.3 is 25.4 Å². The molecule has 0 heterocycles. The first-order valence-electron chi connectivity index (χ1n) is 6.28. The normalized spacial score (nSPS) is 13.3. The first-order valence-corrected chi connectivity index (χ1v) is 6.28. The van der Waals surface area contributed by atoms with Gasteiger partial charge in [0.2, 0.25) is 6.10 Å². The number of hydrogen-bond acceptors (Lipinski definition) is 5. The van der Waals surface area contributed by atoms with Crippen molar-refractivity contribution in [2.45, 2.75) is 45.3 Å². The number of ether oxygens (including phenoxy) is 1. The Morgan fingerprint density at radius 3 is 2.00 bits per heavy atom. The van der Waals surface area contributed by atoms with Gasteiger partial charge in [-0.15, -0.1) is 0 Å². The Morgan fingerprint density at radius 2 is 1.62 bits per heavy atom. The predicted molar refractivity (Wildman–Crippen MR) is 68.8 cm³/mol. The smallest absolute Gasteiger partial charge is 0.408 e. The molecule has 120 valence electrons. The quantitative estimate of drug-likeness (QED) is 0.481. The molecule has 0 fully saturated rings. The molecule has 0 aromatic heterocycles. The zero-order valence-electron chi connectivity index (χ0n) is 11.7. The molecule has 0 aromatic rings. The minimum absolute atomic E-state index is 0.00585. The lowest BCUT2D eigenvalue weighted by Gasteiger charge is -2.18. The van der Waals surface area contributed by atoms with Crippen LogP contribution in [0.2, 0.25) is 0 Å². The summed E-state index contributed by atoms with van der Waals surface area (Å²) < 4.78 is 4.55. The van der Waals surface area contributed by atoms with Gasteiger partial charge in [-0.1, -0.05) is 13.8 Å². The molecule has 0 rings (SSSR count). The third kappa shape index (κ3) is 8.45. The van der Waals surface area contributed by atoms with Crippen molar-refractivity contribution >= 4 is 24.0 Å². The number of alkyl carbamates (subject to hydrolysis) is 1. The van der Waals surface area contributed by atoms with Gasteiger partial charge in [0.1, 0.15) is 6.04 Å². The third-order valence-electron chi connectivity index (χ3n) is 2.44. The maximum absolute atomic E-state index is 11.5. The van der Waals surface area contributed by atoms with E-state index in [1.807, 2.05) is 5.32 Å². The van der Waals surface area contributed by atoms with Crippen LogP contribution in [-0.4, -0.2) is 51.5 Å². The van der Waals surface area contributed by atoms with Crippen molar-refractivity contribution in [3.05, 3.63) is 0 Å². The molecule has 0 unspecified atom stereocenters. The first-order chi connectivity index (χ1) is 9.63. The van der Waals surface area contributed by atoms with Crippen molar-refractivity contribution in [3.8, 4) is 0 Å². The summed E-state index contributed by atoms with van der Waals surface area (Å²) in [6.45, 7) is 3.52. The summed E-state index contributed by atoms with van der Waals surface area (Å²) in [4.78, 5) is 43.6. The van der Waals surface area contributed by atoms with Crippen LogP contribution in [0.4, 0.5) is 4.79 Å². The summed E-state index contributed by atoms with van der Waals surface area (Å²) in [7, 11) is 0. The molecule has 9 heteroatoms. The number of nitrogens with one attached hydrogen (secondary N) is 1. The van der Waals surface area contributed by atoms with Gasteiger partial charge >= 0.3 is 24.0 Å². The summed E-state index contributed by atoms with van der Waals surface area (Å²) in [5.74, 6) is -4.00. The molecule has 0 bridgehead atoms. The maximum Gasteiger partial charge on any atom is 0.408 e. The standard InChI is InChI=1S/C12H19NO8/c1-6(2)5-7(10(16)17)13-12(20)21-8(11(18)19)3-4-9(14)15/h6-8H,3-5H2,1-2H3,(H,13,20)(H,14,15)(H,16,17)(H,18,19)/t7-,8+/m1/s1. The van der Waals surface area contributed by atoms with E-state index in [1.54, 1.807) is 13.8 Å². The van der Waals surface area contributed by atoms with Crippen molar-refractivity contribution < 1.29 is 39.2 Å². The van der Waals surface area contributed by atoms with E-state index in [1.165, 1.54) is 0 Å².